The smallest absolute Gasteiger partial charge is 0.224 e. The van der Waals surface area contributed by atoms with Gasteiger partial charge >= 0.3 is 0 Å². The molecule has 3 aromatic carbocycles. The standard InChI is InChI=1S/C22H23NSi/c1-4-12-20(13-5-1)24(23-18-10-11-19-23,21-14-6-2-7-15-21)22-16-8-3-9-17-22/h1-9,12-17H,10-11,18-19H2. The molecule has 0 atom stereocenters. The minimum atomic E-state index is -2.16. The molecule has 1 fully saturated rings. The van der Waals surface area contributed by atoms with Crippen LogP contribution in [0.25, 0.3) is 0 Å². The van der Waals surface area contributed by atoms with Gasteiger partial charge in [-0.05, 0) is 41.5 Å². The van der Waals surface area contributed by atoms with Crippen molar-refractivity contribution in [3.63, 3.8) is 0 Å². The Hall–Kier alpha value is -2.16. The van der Waals surface area contributed by atoms with E-state index in [0.29, 0.717) is 0 Å². The molecule has 0 aliphatic carbocycles. The lowest BCUT2D eigenvalue weighted by molar-refractivity contribution is 0.538. The fourth-order valence-electron chi connectivity index (χ4n) is 4.14. The van der Waals surface area contributed by atoms with Crippen molar-refractivity contribution in [1.82, 2.24) is 4.57 Å². The van der Waals surface area contributed by atoms with Crippen molar-refractivity contribution in [2.45, 2.75) is 12.8 Å². The predicted octanol–water partition coefficient (Wildman–Crippen LogP) is 2.75. The first-order valence-corrected chi connectivity index (χ1v) is 10.8. The summed E-state index contributed by atoms with van der Waals surface area (Å²) < 4.78 is 2.80. The van der Waals surface area contributed by atoms with Crippen LogP contribution in [0.3, 0.4) is 0 Å². The lowest BCUT2D eigenvalue weighted by Gasteiger charge is -2.41. The van der Waals surface area contributed by atoms with Crippen LogP contribution in [0.1, 0.15) is 12.8 Å². The van der Waals surface area contributed by atoms with Crippen molar-refractivity contribution in [2.75, 3.05) is 13.1 Å². The van der Waals surface area contributed by atoms with Gasteiger partial charge in [-0.3, -0.25) is 0 Å². The van der Waals surface area contributed by atoms with E-state index in [2.05, 4.69) is 95.6 Å². The molecule has 1 nitrogen and oxygen atoms in total. The van der Waals surface area contributed by atoms with Crippen molar-refractivity contribution in [3.05, 3.63) is 91.0 Å². The quantitative estimate of drug-likeness (QED) is 0.525. The first-order chi connectivity index (χ1) is 11.9. The first kappa shape index (κ1) is 15.4. The van der Waals surface area contributed by atoms with Gasteiger partial charge in [-0.25, -0.2) is 0 Å². The Morgan fingerprint density at radius 2 is 0.833 bits per heavy atom. The number of hydrogen-bond acceptors (Lipinski definition) is 1. The summed E-state index contributed by atoms with van der Waals surface area (Å²) in [4.78, 5) is 0. The molecule has 0 unspecified atom stereocenters. The Balaban J connectivity index is 2.03. The zero-order chi connectivity index (χ0) is 16.2. The molecule has 0 amide bonds. The molecule has 0 radical (unpaired) electrons. The Morgan fingerprint density at radius 3 is 1.17 bits per heavy atom. The molecule has 120 valence electrons. The summed E-state index contributed by atoms with van der Waals surface area (Å²) in [5.41, 5.74) is 0. The number of rotatable bonds is 4. The maximum atomic E-state index is 2.80. The van der Waals surface area contributed by atoms with Crippen molar-refractivity contribution in [2.24, 2.45) is 0 Å². The molecule has 24 heavy (non-hydrogen) atoms. The average molecular weight is 330 g/mol. The van der Waals surface area contributed by atoms with Gasteiger partial charge in [0.1, 0.15) is 0 Å². The normalized spacial score (nSPS) is 15.5. The third-order valence-corrected chi connectivity index (χ3v) is 10.1. The molecule has 0 bridgehead atoms. The second-order valence-corrected chi connectivity index (χ2v) is 10.3. The molecule has 4 rings (SSSR count). The SMILES string of the molecule is c1ccc([Si](c2ccccc2)(c2ccccc2)N2CCCC2)cc1. The van der Waals surface area contributed by atoms with E-state index in [4.69, 9.17) is 0 Å². The summed E-state index contributed by atoms with van der Waals surface area (Å²) in [5, 5.41) is 4.47. The average Bonchev–Trinajstić information content (AvgIpc) is 3.20. The minimum absolute atomic E-state index is 1.20. The topological polar surface area (TPSA) is 3.24 Å². The lowest BCUT2D eigenvalue weighted by Crippen LogP contribution is -2.76. The van der Waals surface area contributed by atoms with Gasteiger partial charge in [0.15, 0.2) is 0 Å². The van der Waals surface area contributed by atoms with Gasteiger partial charge < -0.3 is 4.57 Å². The summed E-state index contributed by atoms with van der Waals surface area (Å²) in [6.07, 6.45) is 2.61. The molecule has 1 aliphatic heterocycles. The first-order valence-electron chi connectivity index (χ1n) is 8.84. The summed E-state index contributed by atoms with van der Waals surface area (Å²) in [7, 11) is -2.16. The predicted molar refractivity (Wildman–Crippen MR) is 105 cm³/mol. The van der Waals surface area contributed by atoms with E-state index < -0.39 is 8.24 Å². The highest BCUT2D eigenvalue weighted by molar-refractivity contribution is 7.09. The van der Waals surface area contributed by atoms with Crippen LogP contribution in [0, 0.1) is 0 Å². The van der Waals surface area contributed by atoms with Crippen LogP contribution in [-0.4, -0.2) is 25.9 Å². The Bertz CT molecular complexity index is 668. The van der Waals surface area contributed by atoms with Crippen LogP contribution in [0.4, 0.5) is 0 Å². The van der Waals surface area contributed by atoms with Crippen LogP contribution in [0.5, 0.6) is 0 Å². The number of benzene rings is 3. The van der Waals surface area contributed by atoms with Gasteiger partial charge in [0.05, 0.1) is 0 Å². The fraction of sp³-hybridized carbons (Fsp3) is 0.182. The molecule has 0 N–H and O–H groups in total. The monoisotopic (exact) mass is 329 g/mol. The highest BCUT2D eigenvalue weighted by atomic mass is 28.3. The molecular weight excluding hydrogens is 306 g/mol. The highest BCUT2D eigenvalue weighted by Crippen LogP contribution is 2.19. The molecule has 0 aromatic heterocycles. The van der Waals surface area contributed by atoms with Crippen LogP contribution in [0.2, 0.25) is 0 Å². The molecular formula is C22H23NSi. The van der Waals surface area contributed by atoms with E-state index in [1.165, 1.54) is 41.5 Å². The molecule has 2 heteroatoms. The van der Waals surface area contributed by atoms with Crippen molar-refractivity contribution in [1.29, 1.82) is 0 Å². The second-order valence-electron chi connectivity index (χ2n) is 6.50. The molecule has 1 saturated heterocycles. The van der Waals surface area contributed by atoms with E-state index in [1.807, 2.05) is 0 Å². The summed E-state index contributed by atoms with van der Waals surface area (Å²) in [6.45, 7) is 2.40. The molecule has 1 heterocycles. The molecule has 0 saturated carbocycles. The number of hydrogen-bond donors (Lipinski definition) is 0. The summed E-state index contributed by atoms with van der Waals surface area (Å²) in [5.74, 6) is 0. The Kier molecular flexibility index (Phi) is 4.33. The third-order valence-electron chi connectivity index (χ3n) is 5.16. The third kappa shape index (κ3) is 2.52. The lowest BCUT2D eigenvalue weighted by atomic mass is 10.3. The van der Waals surface area contributed by atoms with Crippen molar-refractivity contribution in [3.8, 4) is 0 Å². The van der Waals surface area contributed by atoms with Gasteiger partial charge in [0.25, 0.3) is 0 Å². The van der Waals surface area contributed by atoms with Crippen LogP contribution in [0.15, 0.2) is 91.0 Å². The van der Waals surface area contributed by atoms with Crippen molar-refractivity contribution < 1.29 is 0 Å². The van der Waals surface area contributed by atoms with E-state index in [9.17, 15) is 0 Å². The maximum absolute atomic E-state index is 2.80. The summed E-state index contributed by atoms with van der Waals surface area (Å²) >= 11 is 0. The van der Waals surface area contributed by atoms with Crippen LogP contribution in [-0.2, 0) is 0 Å². The highest BCUT2D eigenvalue weighted by Gasteiger charge is 2.46. The van der Waals surface area contributed by atoms with Gasteiger partial charge in [0, 0.05) is 0 Å². The summed E-state index contributed by atoms with van der Waals surface area (Å²) in [6, 6.07) is 33.6. The van der Waals surface area contributed by atoms with Gasteiger partial charge in [0.2, 0.25) is 8.24 Å². The van der Waals surface area contributed by atoms with Gasteiger partial charge in [-0.2, -0.15) is 0 Å². The molecule has 1 aliphatic rings. The van der Waals surface area contributed by atoms with Crippen LogP contribution >= 0.6 is 0 Å². The van der Waals surface area contributed by atoms with Gasteiger partial charge in [-0.1, -0.05) is 91.0 Å². The largest absolute Gasteiger partial charge is 0.313 e. The van der Waals surface area contributed by atoms with Crippen molar-refractivity contribution >= 4 is 23.8 Å². The zero-order valence-electron chi connectivity index (χ0n) is 13.9. The van der Waals surface area contributed by atoms with Crippen LogP contribution < -0.4 is 15.6 Å². The van der Waals surface area contributed by atoms with E-state index in [1.54, 1.807) is 0 Å². The van der Waals surface area contributed by atoms with E-state index in [0.717, 1.165) is 0 Å². The maximum Gasteiger partial charge on any atom is 0.224 e. The second kappa shape index (κ2) is 6.76. The van der Waals surface area contributed by atoms with E-state index in [-0.39, 0.29) is 0 Å². The zero-order valence-corrected chi connectivity index (χ0v) is 14.9. The van der Waals surface area contributed by atoms with E-state index >= 15 is 0 Å². The fourth-order valence-corrected chi connectivity index (χ4v) is 9.25. The molecule has 0 spiro atoms. The molecule has 3 aromatic rings. The van der Waals surface area contributed by atoms with Gasteiger partial charge in [-0.15, -0.1) is 0 Å². The minimum Gasteiger partial charge on any atom is -0.313 e. The number of nitrogens with zero attached hydrogens (tertiary/aromatic N) is 1. The Labute approximate surface area is 145 Å². The Morgan fingerprint density at radius 1 is 0.500 bits per heavy atom.